The average molecular weight is 293 g/mol. The minimum Gasteiger partial charge on any atom is -0.481 e. The molecule has 2 rings (SSSR count). The average Bonchev–Trinajstić information content (AvgIpc) is 3.03. The summed E-state index contributed by atoms with van der Waals surface area (Å²) < 4.78 is 1.57. The van der Waals surface area contributed by atoms with Crippen molar-refractivity contribution in [3.8, 4) is 10.6 Å². The van der Waals surface area contributed by atoms with Gasteiger partial charge in [-0.1, -0.05) is 13.0 Å². The first kappa shape index (κ1) is 14.3. The number of carbonyl (C=O) groups excluding carboxylic acids is 1. The van der Waals surface area contributed by atoms with Crippen LogP contribution in [0.3, 0.4) is 0 Å². The lowest BCUT2D eigenvalue weighted by molar-refractivity contribution is -0.140. The molecule has 0 spiro atoms. The highest BCUT2D eigenvalue weighted by Gasteiger charge is 2.19. The molecular weight excluding hydrogens is 278 g/mol. The smallest absolute Gasteiger partial charge is 0.308 e. The number of thiophene rings is 1. The maximum absolute atomic E-state index is 12.1. The number of aromatic nitrogens is 2. The number of aryl methyl sites for hydroxylation is 1. The maximum atomic E-state index is 12.1. The number of hydrogen-bond donors (Lipinski definition) is 2. The van der Waals surface area contributed by atoms with Gasteiger partial charge in [-0.15, -0.1) is 11.3 Å². The molecule has 1 amide bonds. The van der Waals surface area contributed by atoms with Crippen LogP contribution in [-0.4, -0.2) is 33.3 Å². The second-order valence-corrected chi connectivity index (χ2v) is 5.44. The number of aliphatic carboxylic acids is 1. The van der Waals surface area contributed by atoms with Gasteiger partial charge in [0.1, 0.15) is 5.69 Å². The molecule has 0 aliphatic rings. The van der Waals surface area contributed by atoms with Gasteiger partial charge >= 0.3 is 5.97 Å². The van der Waals surface area contributed by atoms with Crippen LogP contribution in [-0.2, 0) is 11.8 Å². The minimum atomic E-state index is -0.935. The van der Waals surface area contributed by atoms with Gasteiger partial charge in [-0.2, -0.15) is 5.10 Å². The monoisotopic (exact) mass is 293 g/mol. The van der Waals surface area contributed by atoms with Gasteiger partial charge in [0.25, 0.3) is 5.91 Å². The second-order valence-electron chi connectivity index (χ2n) is 4.49. The number of amides is 1. The Balaban J connectivity index is 2.16. The van der Waals surface area contributed by atoms with Crippen molar-refractivity contribution in [2.75, 3.05) is 6.54 Å². The highest BCUT2D eigenvalue weighted by molar-refractivity contribution is 7.13. The quantitative estimate of drug-likeness (QED) is 0.877. The van der Waals surface area contributed by atoms with Gasteiger partial charge in [0, 0.05) is 19.8 Å². The molecule has 0 aromatic carbocycles. The van der Waals surface area contributed by atoms with Crippen LogP contribution in [0.25, 0.3) is 10.6 Å². The molecule has 0 bridgehead atoms. The third kappa shape index (κ3) is 3.05. The van der Waals surface area contributed by atoms with Crippen molar-refractivity contribution in [1.82, 2.24) is 15.1 Å². The van der Waals surface area contributed by atoms with Crippen LogP contribution in [0.4, 0.5) is 0 Å². The Hall–Kier alpha value is -2.15. The van der Waals surface area contributed by atoms with E-state index in [1.54, 1.807) is 24.9 Å². The molecule has 0 aliphatic heterocycles. The Labute approximate surface area is 120 Å². The molecule has 2 aromatic rings. The molecule has 0 saturated heterocycles. The Kier molecular flexibility index (Phi) is 4.19. The number of carbonyl (C=O) groups is 2. The molecule has 20 heavy (non-hydrogen) atoms. The van der Waals surface area contributed by atoms with Crippen LogP contribution in [0.1, 0.15) is 17.3 Å². The lowest BCUT2D eigenvalue weighted by Gasteiger charge is -2.07. The lowest BCUT2D eigenvalue weighted by Crippen LogP contribution is -2.31. The van der Waals surface area contributed by atoms with Crippen LogP contribution >= 0.6 is 11.3 Å². The van der Waals surface area contributed by atoms with Gasteiger partial charge in [0.05, 0.1) is 16.4 Å². The summed E-state index contributed by atoms with van der Waals surface area (Å²) in [6, 6.07) is 3.78. The van der Waals surface area contributed by atoms with E-state index in [0.29, 0.717) is 11.3 Å². The van der Waals surface area contributed by atoms with Crippen LogP contribution in [0.5, 0.6) is 0 Å². The van der Waals surface area contributed by atoms with Crippen molar-refractivity contribution in [2.45, 2.75) is 6.92 Å². The van der Waals surface area contributed by atoms with Crippen LogP contribution in [0.15, 0.2) is 23.7 Å². The molecule has 2 heterocycles. The summed E-state index contributed by atoms with van der Waals surface area (Å²) in [6.45, 7) is 1.64. The van der Waals surface area contributed by atoms with Crippen LogP contribution in [0, 0.1) is 5.92 Å². The fourth-order valence-electron chi connectivity index (χ4n) is 1.68. The molecule has 2 aromatic heterocycles. The largest absolute Gasteiger partial charge is 0.481 e. The summed E-state index contributed by atoms with van der Waals surface area (Å²) in [4.78, 5) is 23.8. The zero-order valence-corrected chi connectivity index (χ0v) is 12.0. The lowest BCUT2D eigenvalue weighted by atomic mass is 10.1. The molecule has 1 unspecified atom stereocenters. The summed E-state index contributed by atoms with van der Waals surface area (Å²) in [6.07, 6.45) is 1.63. The number of carboxylic acid groups (broad SMARTS) is 1. The van der Waals surface area contributed by atoms with Crippen LogP contribution < -0.4 is 5.32 Å². The van der Waals surface area contributed by atoms with E-state index in [9.17, 15) is 9.59 Å². The van der Waals surface area contributed by atoms with E-state index in [-0.39, 0.29) is 12.5 Å². The van der Waals surface area contributed by atoms with Gasteiger partial charge in [0.2, 0.25) is 0 Å². The fourth-order valence-corrected chi connectivity index (χ4v) is 2.40. The Bertz CT molecular complexity index is 619. The second kappa shape index (κ2) is 5.87. The number of hydrogen-bond acceptors (Lipinski definition) is 4. The maximum Gasteiger partial charge on any atom is 0.308 e. The van der Waals surface area contributed by atoms with Gasteiger partial charge in [-0.3, -0.25) is 14.3 Å². The molecule has 0 saturated carbocycles. The predicted octanol–water partition coefficient (Wildman–Crippen LogP) is 1.60. The number of carboxylic acids is 1. The minimum absolute atomic E-state index is 0.0902. The highest BCUT2D eigenvalue weighted by atomic mass is 32.1. The molecule has 1 atom stereocenters. The molecule has 0 radical (unpaired) electrons. The first-order valence-corrected chi connectivity index (χ1v) is 6.95. The summed E-state index contributed by atoms with van der Waals surface area (Å²) in [5.74, 6) is -1.87. The first-order chi connectivity index (χ1) is 9.49. The van der Waals surface area contributed by atoms with Gasteiger partial charge in [-0.25, -0.2) is 0 Å². The van der Waals surface area contributed by atoms with E-state index in [2.05, 4.69) is 10.4 Å². The van der Waals surface area contributed by atoms with E-state index < -0.39 is 11.9 Å². The zero-order chi connectivity index (χ0) is 14.7. The standard InChI is InChI=1S/C13H15N3O3S/c1-8(13(18)19)6-14-12(17)9-7-16(2)15-11(9)10-4-3-5-20-10/h3-5,7-8H,6H2,1-2H3,(H,14,17)(H,18,19). The van der Waals surface area contributed by atoms with E-state index in [1.165, 1.54) is 11.3 Å². The van der Waals surface area contributed by atoms with E-state index in [4.69, 9.17) is 5.11 Å². The third-order valence-electron chi connectivity index (χ3n) is 2.82. The van der Waals surface area contributed by atoms with E-state index in [0.717, 1.165) is 4.88 Å². The number of rotatable bonds is 5. The van der Waals surface area contributed by atoms with E-state index >= 15 is 0 Å². The van der Waals surface area contributed by atoms with Crippen molar-refractivity contribution in [3.05, 3.63) is 29.3 Å². The van der Waals surface area contributed by atoms with Crippen LogP contribution in [0.2, 0.25) is 0 Å². The molecule has 2 N–H and O–H groups in total. The molecule has 0 fully saturated rings. The Morgan fingerprint density at radius 3 is 2.90 bits per heavy atom. The summed E-state index contributed by atoms with van der Waals surface area (Å²) in [5, 5.41) is 17.6. The summed E-state index contributed by atoms with van der Waals surface area (Å²) in [5.41, 5.74) is 1.07. The topological polar surface area (TPSA) is 84.2 Å². The number of nitrogens with zero attached hydrogens (tertiary/aromatic N) is 2. The fraction of sp³-hybridized carbons (Fsp3) is 0.308. The molecule has 7 heteroatoms. The van der Waals surface area contributed by atoms with E-state index in [1.807, 2.05) is 17.5 Å². The van der Waals surface area contributed by atoms with Crippen molar-refractivity contribution in [3.63, 3.8) is 0 Å². The molecule has 0 aliphatic carbocycles. The highest BCUT2D eigenvalue weighted by Crippen LogP contribution is 2.26. The van der Waals surface area contributed by atoms with Gasteiger partial charge < -0.3 is 10.4 Å². The summed E-state index contributed by atoms with van der Waals surface area (Å²) in [7, 11) is 1.74. The zero-order valence-electron chi connectivity index (χ0n) is 11.2. The van der Waals surface area contributed by atoms with Gasteiger partial charge in [-0.05, 0) is 11.4 Å². The third-order valence-corrected chi connectivity index (χ3v) is 3.69. The Morgan fingerprint density at radius 2 is 2.30 bits per heavy atom. The molecular formula is C13H15N3O3S. The summed E-state index contributed by atoms with van der Waals surface area (Å²) >= 11 is 1.50. The van der Waals surface area contributed by atoms with Crippen molar-refractivity contribution in [1.29, 1.82) is 0 Å². The Morgan fingerprint density at radius 1 is 1.55 bits per heavy atom. The van der Waals surface area contributed by atoms with Crippen molar-refractivity contribution < 1.29 is 14.7 Å². The predicted molar refractivity (Wildman–Crippen MR) is 75.7 cm³/mol. The number of nitrogens with one attached hydrogen (secondary N) is 1. The van der Waals surface area contributed by atoms with Crippen molar-refractivity contribution in [2.24, 2.45) is 13.0 Å². The SMILES string of the molecule is CC(CNC(=O)c1cn(C)nc1-c1cccs1)C(=O)O. The molecule has 106 valence electrons. The normalized spacial score (nSPS) is 12.1. The van der Waals surface area contributed by atoms with Gasteiger partial charge in [0.15, 0.2) is 0 Å². The molecule has 6 nitrogen and oxygen atoms in total. The van der Waals surface area contributed by atoms with Crippen molar-refractivity contribution >= 4 is 23.2 Å². The first-order valence-electron chi connectivity index (χ1n) is 6.07.